The monoisotopic (exact) mass is 247 g/mol. The van der Waals surface area contributed by atoms with E-state index in [1.807, 2.05) is 0 Å². The number of ketones is 1. The maximum atomic E-state index is 11.0. The molecule has 0 aliphatic carbocycles. The number of carbonyl (C=O) groups excluding carboxylic acids is 1. The van der Waals surface area contributed by atoms with Crippen LogP contribution in [0, 0.1) is 0 Å². The first kappa shape index (κ1) is 13.2. The van der Waals surface area contributed by atoms with Gasteiger partial charge in [-0.25, -0.2) is 4.98 Å². The number of Topliss-reactive ketones (excluding diaryl/α,β-unsaturated/α-hetero) is 1. The van der Waals surface area contributed by atoms with Gasteiger partial charge in [0.2, 0.25) is 0 Å². The van der Waals surface area contributed by atoms with Crippen LogP contribution in [0.1, 0.15) is 28.5 Å². The van der Waals surface area contributed by atoms with Gasteiger partial charge in [0.1, 0.15) is 18.3 Å². The molecule has 4 N–H and O–H groups in total. The standard InChI is InChI=1S/C9H13NO5S/c1-4(12)9-10-5(3-16-9)7(14)8(15)6(13)2-11/h3,6-8,11,13-15H,2H2,1H3. The number of aromatic nitrogens is 1. The normalized spacial score (nSPS) is 16.8. The number of thiazole rings is 1. The summed E-state index contributed by atoms with van der Waals surface area (Å²) >= 11 is 1.05. The Labute approximate surface area is 95.8 Å². The summed E-state index contributed by atoms with van der Waals surface area (Å²) in [5.74, 6) is -0.236. The largest absolute Gasteiger partial charge is 0.394 e. The predicted molar refractivity (Wildman–Crippen MR) is 56.2 cm³/mol. The molecule has 0 fully saturated rings. The average Bonchev–Trinajstić information content (AvgIpc) is 2.75. The fourth-order valence-electron chi connectivity index (χ4n) is 1.08. The molecule has 0 radical (unpaired) electrons. The minimum atomic E-state index is -1.54. The lowest BCUT2D eigenvalue weighted by Crippen LogP contribution is -2.34. The smallest absolute Gasteiger partial charge is 0.188 e. The lowest BCUT2D eigenvalue weighted by Gasteiger charge is -2.19. The molecule has 0 saturated carbocycles. The molecule has 90 valence electrons. The number of nitrogens with zero attached hydrogens (tertiary/aromatic N) is 1. The molecule has 0 aliphatic rings. The van der Waals surface area contributed by atoms with Gasteiger partial charge in [-0.05, 0) is 0 Å². The van der Waals surface area contributed by atoms with Gasteiger partial charge in [0.15, 0.2) is 10.8 Å². The molecule has 3 atom stereocenters. The van der Waals surface area contributed by atoms with E-state index in [2.05, 4.69) is 4.98 Å². The van der Waals surface area contributed by atoms with E-state index < -0.39 is 24.9 Å². The lowest BCUT2D eigenvalue weighted by atomic mass is 10.1. The van der Waals surface area contributed by atoms with Crippen molar-refractivity contribution in [1.29, 1.82) is 0 Å². The van der Waals surface area contributed by atoms with Gasteiger partial charge in [0.25, 0.3) is 0 Å². The molecule has 0 bridgehead atoms. The second-order valence-electron chi connectivity index (χ2n) is 3.32. The summed E-state index contributed by atoms with van der Waals surface area (Å²) in [5.41, 5.74) is 0.107. The van der Waals surface area contributed by atoms with E-state index >= 15 is 0 Å². The fraction of sp³-hybridized carbons (Fsp3) is 0.556. The first-order valence-corrected chi connectivity index (χ1v) is 5.46. The van der Waals surface area contributed by atoms with Crippen LogP contribution in [0.15, 0.2) is 5.38 Å². The van der Waals surface area contributed by atoms with Crippen LogP contribution in [0.25, 0.3) is 0 Å². The van der Waals surface area contributed by atoms with Crippen molar-refractivity contribution in [3.63, 3.8) is 0 Å². The van der Waals surface area contributed by atoms with E-state index in [1.165, 1.54) is 12.3 Å². The first-order valence-electron chi connectivity index (χ1n) is 4.58. The van der Waals surface area contributed by atoms with E-state index in [0.717, 1.165) is 11.3 Å². The number of aliphatic hydroxyl groups is 4. The fourth-order valence-corrected chi connectivity index (χ4v) is 1.83. The highest BCUT2D eigenvalue weighted by Gasteiger charge is 2.27. The number of aliphatic hydroxyl groups excluding tert-OH is 4. The molecular formula is C9H13NO5S. The third-order valence-electron chi connectivity index (χ3n) is 2.03. The van der Waals surface area contributed by atoms with Gasteiger partial charge in [-0.3, -0.25) is 4.79 Å². The van der Waals surface area contributed by atoms with Crippen molar-refractivity contribution >= 4 is 17.1 Å². The molecule has 1 heterocycles. The number of rotatable bonds is 5. The van der Waals surface area contributed by atoms with Gasteiger partial charge in [-0.15, -0.1) is 11.3 Å². The first-order chi connectivity index (χ1) is 7.47. The summed E-state index contributed by atoms with van der Waals surface area (Å²) in [4.78, 5) is 14.8. The van der Waals surface area contributed by atoms with Crippen LogP contribution in [-0.4, -0.2) is 50.0 Å². The minimum absolute atomic E-state index is 0.107. The SMILES string of the molecule is CC(=O)c1nc(C(O)C(O)C(O)CO)cs1. The Morgan fingerprint density at radius 3 is 2.56 bits per heavy atom. The Morgan fingerprint density at radius 2 is 2.12 bits per heavy atom. The zero-order valence-electron chi connectivity index (χ0n) is 8.57. The topological polar surface area (TPSA) is 111 Å². The third-order valence-corrected chi connectivity index (χ3v) is 2.99. The van der Waals surface area contributed by atoms with Crippen LogP contribution < -0.4 is 0 Å². The molecule has 0 saturated heterocycles. The predicted octanol–water partition coefficient (Wildman–Crippen LogP) is -0.907. The van der Waals surface area contributed by atoms with E-state index in [9.17, 15) is 15.0 Å². The van der Waals surface area contributed by atoms with Crippen LogP contribution in [0.3, 0.4) is 0 Å². The Balaban J connectivity index is 2.79. The Hall–Kier alpha value is -0.860. The van der Waals surface area contributed by atoms with Crippen molar-refractivity contribution in [2.75, 3.05) is 6.61 Å². The van der Waals surface area contributed by atoms with Crippen LogP contribution >= 0.6 is 11.3 Å². The Morgan fingerprint density at radius 1 is 1.50 bits per heavy atom. The Bertz CT molecular complexity index is 367. The van der Waals surface area contributed by atoms with Gasteiger partial charge in [0.05, 0.1) is 12.3 Å². The maximum absolute atomic E-state index is 11.0. The van der Waals surface area contributed by atoms with E-state index in [-0.39, 0.29) is 16.5 Å². The molecule has 7 heteroatoms. The Kier molecular flexibility index (Phi) is 4.51. The van der Waals surface area contributed by atoms with Crippen LogP contribution in [-0.2, 0) is 0 Å². The summed E-state index contributed by atoms with van der Waals surface area (Å²) in [5, 5.41) is 38.4. The van der Waals surface area contributed by atoms with Gasteiger partial charge in [-0.1, -0.05) is 0 Å². The summed E-state index contributed by atoms with van der Waals surface area (Å²) in [6.07, 6.45) is -4.41. The van der Waals surface area contributed by atoms with Crippen molar-refractivity contribution in [3.8, 4) is 0 Å². The molecule has 16 heavy (non-hydrogen) atoms. The van der Waals surface area contributed by atoms with Gasteiger partial charge >= 0.3 is 0 Å². The zero-order chi connectivity index (χ0) is 12.3. The molecule has 1 rings (SSSR count). The summed E-state index contributed by atoms with van der Waals surface area (Å²) in [7, 11) is 0. The maximum Gasteiger partial charge on any atom is 0.188 e. The number of hydrogen-bond acceptors (Lipinski definition) is 7. The molecule has 3 unspecified atom stereocenters. The van der Waals surface area contributed by atoms with Gasteiger partial charge in [0, 0.05) is 12.3 Å². The van der Waals surface area contributed by atoms with Gasteiger partial charge in [-0.2, -0.15) is 0 Å². The molecule has 1 aromatic heterocycles. The summed E-state index contributed by atoms with van der Waals surface area (Å²) in [6, 6.07) is 0. The molecule has 0 spiro atoms. The summed E-state index contributed by atoms with van der Waals surface area (Å²) < 4.78 is 0. The second-order valence-corrected chi connectivity index (χ2v) is 4.18. The molecule has 0 aliphatic heterocycles. The lowest BCUT2D eigenvalue weighted by molar-refractivity contribution is -0.0787. The molecule has 1 aromatic rings. The molecule has 0 aromatic carbocycles. The quantitative estimate of drug-likeness (QED) is 0.501. The van der Waals surface area contributed by atoms with Crippen molar-refractivity contribution in [3.05, 3.63) is 16.1 Å². The third kappa shape index (κ3) is 2.83. The van der Waals surface area contributed by atoms with Crippen LogP contribution in [0.2, 0.25) is 0 Å². The molecule has 0 amide bonds. The van der Waals surface area contributed by atoms with Gasteiger partial charge < -0.3 is 20.4 Å². The van der Waals surface area contributed by atoms with E-state index in [0.29, 0.717) is 0 Å². The highest BCUT2D eigenvalue weighted by atomic mass is 32.1. The van der Waals surface area contributed by atoms with Crippen LogP contribution in [0.5, 0.6) is 0 Å². The van der Waals surface area contributed by atoms with Crippen LogP contribution in [0.4, 0.5) is 0 Å². The minimum Gasteiger partial charge on any atom is -0.394 e. The van der Waals surface area contributed by atoms with Crippen molar-refractivity contribution in [2.45, 2.75) is 25.2 Å². The number of hydrogen-bond donors (Lipinski definition) is 4. The van der Waals surface area contributed by atoms with Crippen molar-refractivity contribution < 1.29 is 25.2 Å². The number of carbonyl (C=O) groups is 1. The van der Waals surface area contributed by atoms with E-state index in [4.69, 9.17) is 10.2 Å². The van der Waals surface area contributed by atoms with Crippen molar-refractivity contribution in [2.24, 2.45) is 0 Å². The van der Waals surface area contributed by atoms with Crippen molar-refractivity contribution in [1.82, 2.24) is 4.98 Å². The summed E-state index contributed by atoms with van der Waals surface area (Å²) in [6.45, 7) is 0.677. The second kappa shape index (κ2) is 5.46. The molecule has 6 nitrogen and oxygen atoms in total. The zero-order valence-corrected chi connectivity index (χ0v) is 9.39. The molecular weight excluding hydrogens is 234 g/mol. The van der Waals surface area contributed by atoms with E-state index in [1.54, 1.807) is 0 Å². The average molecular weight is 247 g/mol. The highest BCUT2D eigenvalue weighted by molar-refractivity contribution is 7.11. The highest BCUT2D eigenvalue weighted by Crippen LogP contribution is 2.21.